The Bertz CT molecular complexity index is 581. The molecule has 0 saturated carbocycles. The first-order chi connectivity index (χ1) is 11.6. The minimum absolute atomic E-state index is 0.357. The third kappa shape index (κ3) is 6.34. The second-order valence-electron chi connectivity index (χ2n) is 6.78. The lowest BCUT2D eigenvalue weighted by molar-refractivity contribution is 0.101. The van der Waals surface area contributed by atoms with Crippen molar-refractivity contribution in [1.82, 2.24) is 4.90 Å². The summed E-state index contributed by atoms with van der Waals surface area (Å²) in [5, 5.41) is 10.5. The third-order valence-electron chi connectivity index (χ3n) is 3.97. The fourth-order valence-corrected chi connectivity index (χ4v) is 2.96. The zero-order valence-corrected chi connectivity index (χ0v) is 15.0. The molecule has 2 aromatic rings. The van der Waals surface area contributed by atoms with E-state index in [-0.39, 0.29) is 6.10 Å². The molecule has 0 heterocycles. The summed E-state index contributed by atoms with van der Waals surface area (Å²) in [6.45, 7) is 6.92. The number of benzene rings is 2. The number of aliphatic hydroxyl groups excluding tert-OH is 1. The van der Waals surface area contributed by atoms with Crippen molar-refractivity contribution in [3.8, 4) is 5.75 Å². The van der Waals surface area contributed by atoms with Crippen molar-refractivity contribution in [3.05, 3.63) is 65.7 Å². The van der Waals surface area contributed by atoms with Crippen LogP contribution in [0, 0.1) is 5.92 Å². The van der Waals surface area contributed by atoms with Gasteiger partial charge in [-0.25, -0.2) is 0 Å². The molecule has 0 spiro atoms. The van der Waals surface area contributed by atoms with Gasteiger partial charge in [0.1, 0.15) is 5.75 Å². The zero-order valence-electron chi connectivity index (χ0n) is 15.0. The Balaban J connectivity index is 1.96. The minimum Gasteiger partial charge on any atom is -0.497 e. The van der Waals surface area contributed by atoms with Gasteiger partial charge in [-0.05, 0) is 35.6 Å². The van der Waals surface area contributed by atoms with E-state index in [2.05, 4.69) is 43.0 Å². The molecule has 0 aliphatic carbocycles. The van der Waals surface area contributed by atoms with Gasteiger partial charge in [0.2, 0.25) is 0 Å². The monoisotopic (exact) mass is 327 g/mol. The number of methoxy groups -OCH3 is 1. The number of aliphatic hydroxyl groups is 1. The van der Waals surface area contributed by atoms with Crippen LogP contribution in [0.3, 0.4) is 0 Å². The van der Waals surface area contributed by atoms with Gasteiger partial charge in [-0.15, -0.1) is 0 Å². The molecule has 2 aromatic carbocycles. The van der Waals surface area contributed by atoms with Crippen LogP contribution in [0.1, 0.15) is 25.0 Å². The van der Waals surface area contributed by atoms with E-state index in [0.29, 0.717) is 18.9 Å². The lowest BCUT2D eigenvalue weighted by atomic mass is 10.1. The summed E-state index contributed by atoms with van der Waals surface area (Å²) in [5.74, 6) is 1.44. The maximum Gasteiger partial charge on any atom is 0.118 e. The van der Waals surface area contributed by atoms with Crippen molar-refractivity contribution < 1.29 is 9.84 Å². The van der Waals surface area contributed by atoms with Crippen LogP contribution in [0.25, 0.3) is 0 Å². The van der Waals surface area contributed by atoms with Crippen molar-refractivity contribution >= 4 is 0 Å². The summed E-state index contributed by atoms with van der Waals surface area (Å²) in [7, 11) is 1.68. The molecule has 3 heteroatoms. The summed E-state index contributed by atoms with van der Waals surface area (Å²) in [6.07, 6.45) is 0.335. The van der Waals surface area contributed by atoms with Gasteiger partial charge < -0.3 is 9.84 Å². The van der Waals surface area contributed by atoms with E-state index in [1.807, 2.05) is 30.3 Å². The molecule has 0 radical (unpaired) electrons. The first kappa shape index (κ1) is 18.5. The van der Waals surface area contributed by atoms with E-state index >= 15 is 0 Å². The molecule has 0 aliphatic heterocycles. The molecule has 1 N–H and O–H groups in total. The van der Waals surface area contributed by atoms with Crippen LogP contribution in [0.5, 0.6) is 5.75 Å². The molecule has 0 unspecified atom stereocenters. The van der Waals surface area contributed by atoms with E-state index in [1.54, 1.807) is 7.11 Å². The van der Waals surface area contributed by atoms with Gasteiger partial charge in [-0.2, -0.15) is 0 Å². The SMILES string of the molecule is COc1ccc(CN(CC(C)C)C[C@@H](O)Cc2ccccc2)cc1. The molecule has 2 rings (SSSR count). The highest BCUT2D eigenvalue weighted by Crippen LogP contribution is 2.15. The maximum absolute atomic E-state index is 10.5. The summed E-state index contributed by atoms with van der Waals surface area (Å²) in [5.41, 5.74) is 2.42. The van der Waals surface area contributed by atoms with Crippen molar-refractivity contribution in [2.45, 2.75) is 32.9 Å². The quantitative estimate of drug-likeness (QED) is 0.761. The molecule has 3 nitrogen and oxygen atoms in total. The van der Waals surface area contributed by atoms with E-state index in [9.17, 15) is 5.11 Å². The smallest absolute Gasteiger partial charge is 0.118 e. The highest BCUT2D eigenvalue weighted by molar-refractivity contribution is 5.27. The maximum atomic E-state index is 10.5. The van der Waals surface area contributed by atoms with Gasteiger partial charge in [0.25, 0.3) is 0 Å². The zero-order chi connectivity index (χ0) is 17.4. The molecular weight excluding hydrogens is 298 g/mol. The van der Waals surface area contributed by atoms with Crippen LogP contribution >= 0.6 is 0 Å². The van der Waals surface area contributed by atoms with Crippen molar-refractivity contribution in [2.75, 3.05) is 20.2 Å². The first-order valence-electron chi connectivity index (χ1n) is 8.64. The molecule has 0 saturated heterocycles. The van der Waals surface area contributed by atoms with Gasteiger partial charge in [0.15, 0.2) is 0 Å². The minimum atomic E-state index is -0.357. The Morgan fingerprint density at radius 1 is 0.917 bits per heavy atom. The molecule has 0 aromatic heterocycles. The predicted molar refractivity (Wildman–Crippen MR) is 99.3 cm³/mol. The van der Waals surface area contributed by atoms with E-state index < -0.39 is 0 Å². The number of hydrogen-bond donors (Lipinski definition) is 1. The molecule has 24 heavy (non-hydrogen) atoms. The number of rotatable bonds is 9. The average Bonchev–Trinajstić information content (AvgIpc) is 2.55. The van der Waals surface area contributed by atoms with Gasteiger partial charge in [0, 0.05) is 19.6 Å². The lowest BCUT2D eigenvalue weighted by Gasteiger charge is -2.27. The van der Waals surface area contributed by atoms with Crippen LogP contribution in [0.4, 0.5) is 0 Å². The molecule has 0 amide bonds. The highest BCUT2D eigenvalue weighted by Gasteiger charge is 2.14. The topological polar surface area (TPSA) is 32.7 Å². The Kier molecular flexibility index (Phi) is 7.29. The van der Waals surface area contributed by atoms with Crippen molar-refractivity contribution in [3.63, 3.8) is 0 Å². The fraction of sp³-hybridized carbons (Fsp3) is 0.429. The largest absolute Gasteiger partial charge is 0.497 e. The van der Waals surface area contributed by atoms with Crippen molar-refractivity contribution in [1.29, 1.82) is 0 Å². The van der Waals surface area contributed by atoms with Crippen LogP contribution in [0.2, 0.25) is 0 Å². The van der Waals surface area contributed by atoms with Gasteiger partial charge in [-0.1, -0.05) is 56.3 Å². The average molecular weight is 327 g/mol. The van der Waals surface area contributed by atoms with Crippen molar-refractivity contribution in [2.24, 2.45) is 5.92 Å². The lowest BCUT2D eigenvalue weighted by Crippen LogP contribution is -2.35. The number of hydrogen-bond acceptors (Lipinski definition) is 3. The summed E-state index contributed by atoms with van der Waals surface area (Å²) >= 11 is 0. The summed E-state index contributed by atoms with van der Waals surface area (Å²) in [6, 6.07) is 18.3. The first-order valence-corrected chi connectivity index (χ1v) is 8.64. The third-order valence-corrected chi connectivity index (χ3v) is 3.97. The Morgan fingerprint density at radius 2 is 1.58 bits per heavy atom. The summed E-state index contributed by atoms with van der Waals surface area (Å²) < 4.78 is 5.22. The Labute approximate surface area is 145 Å². The summed E-state index contributed by atoms with van der Waals surface area (Å²) in [4.78, 5) is 2.33. The number of nitrogens with zero attached hydrogens (tertiary/aromatic N) is 1. The molecule has 0 fully saturated rings. The molecular formula is C21H29NO2. The predicted octanol–water partition coefficient (Wildman–Crippen LogP) is 3.76. The van der Waals surface area contributed by atoms with E-state index in [4.69, 9.17) is 4.74 Å². The van der Waals surface area contributed by atoms with Gasteiger partial charge in [0.05, 0.1) is 13.2 Å². The normalized spacial score (nSPS) is 12.6. The van der Waals surface area contributed by atoms with Crippen LogP contribution in [-0.2, 0) is 13.0 Å². The van der Waals surface area contributed by atoms with Gasteiger partial charge >= 0.3 is 0 Å². The second kappa shape index (κ2) is 9.45. The molecule has 1 atom stereocenters. The Morgan fingerprint density at radius 3 is 2.17 bits per heavy atom. The molecule has 130 valence electrons. The highest BCUT2D eigenvalue weighted by atomic mass is 16.5. The van der Waals surface area contributed by atoms with E-state index in [0.717, 1.165) is 18.8 Å². The van der Waals surface area contributed by atoms with E-state index in [1.165, 1.54) is 11.1 Å². The Hall–Kier alpha value is -1.84. The van der Waals surface area contributed by atoms with Gasteiger partial charge in [-0.3, -0.25) is 4.90 Å². The standard InChI is InChI=1S/C21H29NO2/c1-17(2)14-22(15-19-9-11-21(24-3)12-10-19)16-20(23)13-18-7-5-4-6-8-18/h4-12,17,20,23H,13-16H2,1-3H3/t20-/m0/s1. The van der Waals surface area contributed by atoms with Crippen LogP contribution < -0.4 is 4.74 Å². The molecule has 0 aliphatic rings. The number of ether oxygens (including phenoxy) is 1. The second-order valence-corrected chi connectivity index (χ2v) is 6.78. The van der Waals surface area contributed by atoms with Crippen LogP contribution in [0.15, 0.2) is 54.6 Å². The van der Waals surface area contributed by atoms with Crippen LogP contribution in [-0.4, -0.2) is 36.3 Å². The molecule has 0 bridgehead atoms. The fourth-order valence-electron chi connectivity index (χ4n) is 2.96.